The highest BCUT2D eigenvalue weighted by molar-refractivity contribution is 6.06. The molecule has 0 saturated carbocycles. The van der Waals surface area contributed by atoms with Crippen LogP contribution in [0.15, 0.2) is 73.3 Å². The Morgan fingerprint density at radius 2 is 1.69 bits per heavy atom. The number of pyridine rings is 2. The zero-order chi connectivity index (χ0) is 45.8. The molecule has 336 valence electrons. The van der Waals surface area contributed by atoms with Gasteiger partial charge in [0.15, 0.2) is 11.6 Å². The van der Waals surface area contributed by atoms with E-state index in [1.165, 1.54) is 19.5 Å². The summed E-state index contributed by atoms with van der Waals surface area (Å²) in [6.07, 6.45) is 5.16. The maximum absolute atomic E-state index is 13.6. The van der Waals surface area contributed by atoms with Gasteiger partial charge in [-0.1, -0.05) is 12.1 Å². The number of piperidine rings is 1. The maximum atomic E-state index is 13.6. The Hall–Kier alpha value is -7.94. The molecule has 5 aromatic rings. The van der Waals surface area contributed by atoms with E-state index in [0.29, 0.717) is 83.9 Å². The quantitative estimate of drug-likeness (QED) is 0.0818. The number of imide groups is 1. The average molecular weight is 885 g/mol. The highest BCUT2D eigenvalue weighted by atomic mass is 16.5. The van der Waals surface area contributed by atoms with Crippen molar-refractivity contribution in [3.05, 3.63) is 95.6 Å². The molecule has 0 spiro atoms. The second-order valence-corrected chi connectivity index (χ2v) is 15.7. The number of piperazine rings is 1. The number of ether oxygens (including phenoxy) is 1. The second kappa shape index (κ2) is 18.8. The molecule has 0 radical (unpaired) electrons. The second-order valence-electron chi connectivity index (χ2n) is 15.7. The van der Waals surface area contributed by atoms with Crippen LogP contribution in [0.5, 0.6) is 5.75 Å². The Balaban J connectivity index is 0.831. The molecule has 2 fully saturated rings. The van der Waals surface area contributed by atoms with Gasteiger partial charge in [-0.15, -0.1) is 0 Å². The van der Waals surface area contributed by atoms with Crippen molar-refractivity contribution in [3.8, 4) is 17.1 Å². The zero-order valence-electron chi connectivity index (χ0n) is 36.0. The number of hydrogen-bond donors (Lipinski definition) is 6. The molecule has 6 amide bonds. The lowest BCUT2D eigenvalue weighted by Gasteiger charge is -2.38. The third-order valence-corrected chi connectivity index (χ3v) is 11.6. The minimum absolute atomic E-state index is 0.0822. The smallest absolute Gasteiger partial charge is 0.255 e. The van der Waals surface area contributed by atoms with E-state index in [1.807, 2.05) is 18.2 Å². The number of para-hydroxylation sites is 1. The summed E-state index contributed by atoms with van der Waals surface area (Å²) in [7, 11) is 4.99. The van der Waals surface area contributed by atoms with Crippen molar-refractivity contribution in [2.24, 2.45) is 12.8 Å². The van der Waals surface area contributed by atoms with Crippen molar-refractivity contribution in [2.75, 3.05) is 62.4 Å². The van der Waals surface area contributed by atoms with Gasteiger partial charge in [-0.05, 0) is 56.3 Å². The van der Waals surface area contributed by atoms with Gasteiger partial charge in [0.05, 0.1) is 41.2 Å². The number of hydrogen-bond acceptors (Lipinski definition) is 15. The van der Waals surface area contributed by atoms with Crippen molar-refractivity contribution >= 4 is 64.1 Å². The van der Waals surface area contributed by atoms with Crippen LogP contribution < -0.4 is 42.0 Å². The predicted octanol–water partition coefficient (Wildman–Crippen LogP) is 1.68. The van der Waals surface area contributed by atoms with Gasteiger partial charge in [0.25, 0.3) is 17.7 Å². The van der Waals surface area contributed by atoms with Crippen LogP contribution in [0.1, 0.15) is 55.9 Å². The Labute approximate surface area is 373 Å². The normalized spacial score (nSPS) is 16.4. The number of carbonyl (C=O) groups is 6. The van der Waals surface area contributed by atoms with Crippen LogP contribution in [0.2, 0.25) is 0 Å². The van der Waals surface area contributed by atoms with E-state index in [-0.39, 0.29) is 55.1 Å². The monoisotopic (exact) mass is 884 g/mol. The summed E-state index contributed by atoms with van der Waals surface area (Å²) in [5, 5.41) is 19.0. The average Bonchev–Trinajstić information content (AvgIpc) is 3.90. The van der Waals surface area contributed by atoms with Crippen molar-refractivity contribution in [3.63, 3.8) is 0 Å². The Bertz CT molecular complexity index is 2660. The van der Waals surface area contributed by atoms with Crippen molar-refractivity contribution in [2.45, 2.75) is 37.9 Å². The zero-order valence-corrected chi connectivity index (χ0v) is 36.0. The first-order valence-corrected chi connectivity index (χ1v) is 21.0. The maximum Gasteiger partial charge on any atom is 0.255 e. The predicted molar refractivity (Wildman–Crippen MR) is 238 cm³/mol. The standard InChI is InChI=1S/C44H48N14O7/c1-46-31(44(64)57-18-16-56(17-19-57)33-9-5-6-26-29(33)23-58(43(26)63)34-11-13-37(59)53-42(34)62)14-15-47-41(61)25-10-12-35(48-21-25)52-36-20-32(28(22-49-36)39(45)60)51-30-8-4-7-27(38(30)65-3)40-50-24-55(2)54-40/h4-10,12,20-22,24,31,34,46H,11,13-19,23H2,1-3H3,(H2,45,60)(H,47,61)(H,53,59,62)(H2,48,49,51,52)/t31-,34?/m0/s1. The molecule has 21 heteroatoms. The molecule has 2 atom stereocenters. The number of methoxy groups -OCH3 is 1. The van der Waals surface area contributed by atoms with Crippen LogP contribution in [-0.4, -0.2) is 129 Å². The summed E-state index contributed by atoms with van der Waals surface area (Å²) in [5.74, 6) is -0.521. The molecular weight excluding hydrogens is 837 g/mol. The Kier molecular flexibility index (Phi) is 12.6. The fourth-order valence-electron chi connectivity index (χ4n) is 8.27. The molecule has 1 unspecified atom stereocenters. The minimum atomic E-state index is -0.699. The number of aryl methyl sites for hydroxylation is 1. The van der Waals surface area contributed by atoms with E-state index in [1.54, 1.807) is 71.3 Å². The molecule has 8 rings (SSSR count). The number of aromatic nitrogens is 5. The first kappa shape index (κ1) is 43.7. The lowest BCUT2D eigenvalue weighted by Crippen LogP contribution is -2.54. The number of rotatable bonds is 15. The lowest BCUT2D eigenvalue weighted by atomic mass is 10.0. The molecule has 21 nitrogen and oxygen atoms in total. The fourth-order valence-corrected chi connectivity index (χ4v) is 8.27. The molecular formula is C44H48N14O7. The number of benzene rings is 2. The number of carbonyl (C=O) groups excluding carboxylic acids is 6. The van der Waals surface area contributed by atoms with E-state index in [9.17, 15) is 28.8 Å². The van der Waals surface area contributed by atoms with E-state index < -0.39 is 23.9 Å². The molecule has 0 aliphatic carbocycles. The number of anilines is 5. The van der Waals surface area contributed by atoms with Crippen molar-refractivity contribution in [1.29, 1.82) is 0 Å². The van der Waals surface area contributed by atoms with Gasteiger partial charge in [-0.25, -0.2) is 15.0 Å². The molecule has 7 N–H and O–H groups in total. The summed E-state index contributed by atoms with van der Waals surface area (Å²) in [5.41, 5.74) is 9.93. The van der Waals surface area contributed by atoms with Gasteiger partial charge in [-0.2, -0.15) is 5.10 Å². The number of amides is 6. The van der Waals surface area contributed by atoms with Gasteiger partial charge >= 0.3 is 0 Å². The summed E-state index contributed by atoms with van der Waals surface area (Å²) in [6, 6.07) is 14.5. The van der Waals surface area contributed by atoms with Crippen LogP contribution >= 0.6 is 0 Å². The fraction of sp³-hybridized carbons (Fsp3) is 0.318. The third-order valence-electron chi connectivity index (χ3n) is 11.6. The third kappa shape index (κ3) is 9.25. The molecule has 0 bridgehead atoms. The van der Waals surface area contributed by atoms with Crippen LogP contribution in [0.4, 0.5) is 28.7 Å². The molecule has 3 aromatic heterocycles. The number of fused-ring (bicyclic) bond motifs is 1. The minimum Gasteiger partial charge on any atom is -0.494 e. The highest BCUT2D eigenvalue weighted by Gasteiger charge is 2.40. The summed E-state index contributed by atoms with van der Waals surface area (Å²) >= 11 is 0. The number of nitrogens with zero attached hydrogens (tertiary/aromatic N) is 8. The van der Waals surface area contributed by atoms with Gasteiger partial charge in [0.2, 0.25) is 17.7 Å². The summed E-state index contributed by atoms with van der Waals surface area (Å²) < 4.78 is 7.29. The first-order chi connectivity index (χ1) is 31.4. The summed E-state index contributed by atoms with van der Waals surface area (Å²) in [4.78, 5) is 95.3. The topological polar surface area (TPSA) is 264 Å². The summed E-state index contributed by atoms with van der Waals surface area (Å²) in [6.45, 7) is 2.50. The molecule has 3 aliphatic heterocycles. The lowest BCUT2D eigenvalue weighted by molar-refractivity contribution is -0.137. The van der Waals surface area contributed by atoms with E-state index >= 15 is 0 Å². The highest BCUT2D eigenvalue weighted by Crippen LogP contribution is 2.38. The largest absolute Gasteiger partial charge is 0.494 e. The van der Waals surface area contributed by atoms with Crippen LogP contribution in [-0.2, 0) is 28.0 Å². The van der Waals surface area contributed by atoms with E-state index in [0.717, 1.165) is 11.3 Å². The first-order valence-electron chi connectivity index (χ1n) is 21.0. The number of nitrogens with one attached hydrogen (secondary N) is 5. The van der Waals surface area contributed by atoms with E-state index in [4.69, 9.17) is 10.5 Å². The van der Waals surface area contributed by atoms with Crippen LogP contribution in [0.25, 0.3) is 11.4 Å². The van der Waals surface area contributed by atoms with Gasteiger partial charge in [0, 0.05) is 88.0 Å². The number of primary amides is 1. The van der Waals surface area contributed by atoms with Crippen molar-refractivity contribution in [1.82, 2.24) is 50.5 Å². The number of likely N-dealkylation sites (N-methyl/N-ethyl adjacent to an activating group) is 1. The van der Waals surface area contributed by atoms with Crippen molar-refractivity contribution < 1.29 is 33.5 Å². The molecule has 2 aromatic carbocycles. The van der Waals surface area contributed by atoms with E-state index in [2.05, 4.69) is 51.5 Å². The number of nitrogens with two attached hydrogens (primary N) is 1. The Morgan fingerprint density at radius 1 is 0.923 bits per heavy atom. The van der Waals surface area contributed by atoms with Gasteiger partial charge in [-0.3, -0.25) is 38.8 Å². The van der Waals surface area contributed by atoms with Gasteiger partial charge < -0.3 is 46.4 Å². The SMILES string of the molecule is CN[C@@H](CCNC(=O)c1ccc(Nc2cc(Nc3cccc(-c4ncn(C)n4)c3OC)c(C(N)=O)cn2)nc1)C(=O)N1CCN(c2cccc3c2CN(C2CCC(=O)NC2=O)C3=O)CC1. The van der Waals surface area contributed by atoms with Crippen LogP contribution in [0.3, 0.4) is 0 Å². The van der Waals surface area contributed by atoms with Crippen LogP contribution in [0, 0.1) is 0 Å². The molecule has 2 saturated heterocycles. The molecule has 6 heterocycles. The molecule has 3 aliphatic rings. The van der Waals surface area contributed by atoms with Gasteiger partial charge in [0.1, 0.15) is 24.0 Å². The molecule has 65 heavy (non-hydrogen) atoms. The Morgan fingerprint density at radius 3 is 2.38 bits per heavy atom.